The van der Waals surface area contributed by atoms with E-state index in [4.69, 9.17) is 0 Å². The molecule has 0 spiro atoms. The quantitative estimate of drug-likeness (QED) is 0.0569. The summed E-state index contributed by atoms with van der Waals surface area (Å²) >= 11 is -5.35. The summed E-state index contributed by atoms with van der Waals surface area (Å²) in [4.78, 5) is 31.4. The number of aryl methyl sites for hydroxylation is 2. The van der Waals surface area contributed by atoms with Crippen molar-refractivity contribution in [2.45, 2.75) is 91.9 Å². The van der Waals surface area contributed by atoms with Crippen molar-refractivity contribution < 1.29 is 43.7 Å². The van der Waals surface area contributed by atoms with Gasteiger partial charge in [0.1, 0.15) is 0 Å². The van der Waals surface area contributed by atoms with Crippen molar-refractivity contribution in [2.24, 2.45) is 0 Å². The van der Waals surface area contributed by atoms with Crippen LogP contribution < -0.4 is 17.5 Å². The van der Waals surface area contributed by atoms with E-state index in [1.807, 2.05) is 50.3 Å². The topological polar surface area (TPSA) is 40.6 Å². The van der Waals surface area contributed by atoms with Crippen LogP contribution in [0.5, 0.6) is 0 Å². The van der Waals surface area contributed by atoms with Crippen LogP contribution in [0.2, 0.25) is 0 Å². The van der Waals surface area contributed by atoms with E-state index in [-0.39, 0.29) is 37.3 Å². The van der Waals surface area contributed by atoms with Crippen molar-refractivity contribution in [3.63, 3.8) is 0 Å². The predicted octanol–water partition coefficient (Wildman–Crippen LogP) is 12.1. The van der Waals surface area contributed by atoms with Crippen LogP contribution in [0.4, 0.5) is 28.9 Å². The van der Waals surface area contributed by atoms with Gasteiger partial charge in [-0.25, -0.2) is 0 Å². The molecule has 0 N–H and O–H groups in total. The first-order valence-electron chi connectivity index (χ1n) is 21.0. The van der Waals surface area contributed by atoms with Gasteiger partial charge in [-0.3, -0.25) is 0 Å². The minimum absolute atomic E-state index is 0.138. The zero-order valence-corrected chi connectivity index (χ0v) is 36.2. The van der Waals surface area contributed by atoms with E-state index in [0.717, 1.165) is 61.8 Å². The van der Waals surface area contributed by atoms with Gasteiger partial charge in [-0.15, -0.1) is 0 Å². The van der Waals surface area contributed by atoms with Crippen LogP contribution in [0.15, 0.2) is 117 Å². The molecule has 4 aromatic rings. The van der Waals surface area contributed by atoms with Gasteiger partial charge in [-0.1, -0.05) is 0 Å². The molecule has 0 atom stereocenters. The van der Waals surface area contributed by atoms with Crippen LogP contribution in [0, 0.1) is 37.1 Å². The number of anilines is 2. The third kappa shape index (κ3) is 9.19. The number of hydrogen-bond acceptors (Lipinski definition) is 2. The molecule has 0 radical (unpaired) electrons. The van der Waals surface area contributed by atoms with Crippen molar-refractivity contribution in [1.29, 1.82) is 0 Å². The Bertz CT molecular complexity index is 2120. The molecule has 2 aliphatic rings. The van der Waals surface area contributed by atoms with Crippen molar-refractivity contribution in [3.05, 3.63) is 163 Å². The van der Waals surface area contributed by atoms with E-state index in [9.17, 15) is 9.59 Å². The number of hydrogen-bond donors (Lipinski definition) is 0. The van der Waals surface area contributed by atoms with Crippen LogP contribution in [0.3, 0.4) is 0 Å². The summed E-state index contributed by atoms with van der Waals surface area (Å²) in [6.45, 7) is 8.29. The summed E-state index contributed by atoms with van der Waals surface area (Å²) < 4.78 is 70.9. The van der Waals surface area contributed by atoms with Crippen molar-refractivity contribution in [2.75, 3.05) is 22.9 Å². The monoisotopic (exact) mass is 838 g/mol. The van der Waals surface area contributed by atoms with Gasteiger partial charge in [-0.2, -0.15) is 0 Å². The average Bonchev–Trinajstić information content (AvgIpc) is 3.98. The van der Waals surface area contributed by atoms with Crippen molar-refractivity contribution in [1.82, 2.24) is 0 Å². The number of allylic oxidation sites excluding steroid dienone is 8. The molecule has 0 bridgehead atoms. The second-order valence-electron chi connectivity index (χ2n) is 15.7. The van der Waals surface area contributed by atoms with Crippen LogP contribution in [-0.2, 0) is 16.6 Å². The molecule has 4 aromatic carbocycles. The van der Waals surface area contributed by atoms with E-state index in [1.54, 1.807) is 48.6 Å². The number of rotatable bonds is 18. The fourth-order valence-electron chi connectivity index (χ4n) is 8.37. The molecule has 0 saturated carbocycles. The molecular formula is C50H54F4N2O2Ti. The summed E-state index contributed by atoms with van der Waals surface area (Å²) in [6, 6.07) is 18.8. The van der Waals surface area contributed by atoms with Gasteiger partial charge in [0.15, 0.2) is 0 Å². The number of halogens is 4. The molecule has 0 aliphatic heterocycles. The van der Waals surface area contributed by atoms with E-state index in [1.165, 1.54) is 21.9 Å². The van der Waals surface area contributed by atoms with Crippen molar-refractivity contribution >= 4 is 30.9 Å². The summed E-state index contributed by atoms with van der Waals surface area (Å²) in [6.07, 6.45) is 17.6. The normalized spacial score (nSPS) is 13.5. The number of amides is 2. The fraction of sp³-hybridized carbons (Fsp3) is 0.320. The number of carbonyl (C=O) groups excluding carboxylic acids is 2. The van der Waals surface area contributed by atoms with Gasteiger partial charge in [0.05, 0.1) is 0 Å². The van der Waals surface area contributed by atoms with Crippen LogP contribution in [-0.4, -0.2) is 24.9 Å². The summed E-state index contributed by atoms with van der Waals surface area (Å²) in [5.41, 5.74) is 2.31. The van der Waals surface area contributed by atoms with E-state index in [2.05, 4.69) is 13.8 Å². The Morgan fingerprint density at radius 1 is 0.542 bits per heavy atom. The Balaban J connectivity index is 1.61. The Kier molecular flexibility index (Phi) is 14.8. The Hall–Kier alpha value is -4.79. The molecule has 0 aromatic heterocycles. The molecule has 0 saturated heterocycles. The Labute approximate surface area is 350 Å². The third-order valence-electron chi connectivity index (χ3n) is 11.5. The van der Waals surface area contributed by atoms with Crippen LogP contribution in [0.25, 0.3) is 0 Å². The van der Waals surface area contributed by atoms with E-state index in [0.29, 0.717) is 31.7 Å². The molecule has 9 heteroatoms. The molecule has 0 unspecified atom stereocenters. The molecule has 0 heterocycles. The maximum absolute atomic E-state index is 18.1. The van der Waals surface area contributed by atoms with Crippen molar-refractivity contribution in [3.8, 4) is 0 Å². The van der Waals surface area contributed by atoms with E-state index < -0.39 is 59.4 Å². The third-order valence-corrected chi connectivity index (χ3v) is 19.5. The van der Waals surface area contributed by atoms with Gasteiger partial charge >= 0.3 is 352 Å². The van der Waals surface area contributed by atoms with E-state index >= 15 is 17.6 Å². The molecule has 4 nitrogen and oxygen atoms in total. The van der Waals surface area contributed by atoms with Crippen LogP contribution >= 0.6 is 0 Å². The predicted molar refractivity (Wildman–Crippen MR) is 230 cm³/mol. The van der Waals surface area contributed by atoms with Gasteiger partial charge in [0.25, 0.3) is 0 Å². The number of carbonyl (C=O) groups is 2. The summed E-state index contributed by atoms with van der Waals surface area (Å²) in [5, 5.41) is 0. The molecular weight excluding hydrogens is 784 g/mol. The number of benzene rings is 4. The van der Waals surface area contributed by atoms with Gasteiger partial charge in [0.2, 0.25) is 0 Å². The molecule has 2 amide bonds. The molecule has 0 fully saturated rings. The number of nitrogens with zero attached hydrogens (tertiary/aromatic N) is 2. The molecule has 59 heavy (non-hydrogen) atoms. The standard InChI is InChI=1S/2C20H22F2NO.2C5H5.Ti/c2*1-3-4-5-6-13-23(19-12-11-17(21)14-18(19)22)20(24)16-9-7-15(2)8-10-16;2*1-2-4-5-3-1;/h2*7-12H,3-6,13H2,1-2H3;2*1-3H,4H2;. The van der Waals surface area contributed by atoms with Gasteiger partial charge in [-0.05, 0) is 0 Å². The maximum atomic E-state index is 18.1. The average molecular weight is 839 g/mol. The first-order valence-corrected chi connectivity index (χ1v) is 24.1. The second kappa shape index (κ2) is 20.0. The Morgan fingerprint density at radius 3 is 1.27 bits per heavy atom. The zero-order valence-electron chi connectivity index (χ0n) is 34.6. The summed E-state index contributed by atoms with van der Waals surface area (Å²) in [7, 11) is 0. The second-order valence-corrected chi connectivity index (χ2v) is 21.6. The summed E-state index contributed by atoms with van der Waals surface area (Å²) in [5.74, 6) is -4.77. The minimum atomic E-state index is -5.35. The molecule has 6 rings (SSSR count). The zero-order chi connectivity index (χ0) is 42.1. The van der Waals surface area contributed by atoms with Gasteiger partial charge < -0.3 is 0 Å². The first kappa shape index (κ1) is 43.8. The fourth-order valence-corrected chi connectivity index (χ4v) is 16.6. The first-order chi connectivity index (χ1) is 28.5. The molecule has 2 aliphatic carbocycles. The van der Waals surface area contributed by atoms with Gasteiger partial charge in [0, 0.05) is 0 Å². The Morgan fingerprint density at radius 2 is 0.932 bits per heavy atom. The molecule has 308 valence electrons. The van der Waals surface area contributed by atoms with Crippen LogP contribution in [0.1, 0.15) is 110 Å². The SMILES string of the molecule is CCCCCCN(C(=O)c1ccc(C)cc1)c1ccc(F)[c]([Ti]([C]2=CC=CC2)([C]2=CC=CC2)[c]2c(F)ccc(N(CCCCCC)C(=O)c3ccc(C)cc3)c2F)c1F. The number of unbranched alkanes of at least 4 members (excludes halogenated alkanes) is 6.